The van der Waals surface area contributed by atoms with Crippen molar-refractivity contribution in [2.24, 2.45) is 5.92 Å². The minimum absolute atomic E-state index is 0.00867. The third kappa shape index (κ3) is 4.16. The number of hydrogen-bond donors (Lipinski definition) is 0. The molecule has 0 bridgehead atoms. The Morgan fingerprint density at radius 1 is 1.35 bits per heavy atom. The maximum absolute atomic E-state index is 12.5. The second-order valence-electron chi connectivity index (χ2n) is 6.23. The molecule has 0 aromatic heterocycles. The van der Waals surface area contributed by atoms with Crippen molar-refractivity contribution >= 4 is 17.5 Å². The SMILES string of the molecule is CC(CN1CCOCC1)C(=O)N1CC(Oc2ccccc2Cl)C1. The number of hydrogen-bond acceptors (Lipinski definition) is 4. The molecule has 0 aliphatic carbocycles. The topological polar surface area (TPSA) is 42.0 Å². The van der Waals surface area contributed by atoms with Gasteiger partial charge in [-0.2, -0.15) is 0 Å². The number of rotatable bonds is 5. The summed E-state index contributed by atoms with van der Waals surface area (Å²) in [5.74, 6) is 0.900. The number of nitrogens with zero attached hydrogens (tertiary/aromatic N) is 2. The van der Waals surface area contributed by atoms with E-state index in [0.29, 0.717) is 23.9 Å². The number of likely N-dealkylation sites (tertiary alicyclic amines) is 1. The van der Waals surface area contributed by atoms with E-state index in [1.54, 1.807) is 0 Å². The highest BCUT2D eigenvalue weighted by Crippen LogP contribution is 2.27. The first-order valence-electron chi connectivity index (χ1n) is 8.13. The summed E-state index contributed by atoms with van der Waals surface area (Å²) < 4.78 is 11.2. The van der Waals surface area contributed by atoms with Crippen LogP contribution in [0.15, 0.2) is 24.3 Å². The number of morpholine rings is 1. The normalized spacial score (nSPS) is 20.9. The Kier molecular flexibility index (Phi) is 5.41. The average Bonchev–Trinajstić information content (AvgIpc) is 2.52. The Bertz CT molecular complexity index is 542. The van der Waals surface area contributed by atoms with Crippen molar-refractivity contribution in [1.82, 2.24) is 9.80 Å². The summed E-state index contributed by atoms with van der Waals surface area (Å²) in [5, 5.41) is 0.609. The smallest absolute Gasteiger partial charge is 0.226 e. The van der Waals surface area contributed by atoms with Crippen LogP contribution in [0.2, 0.25) is 5.02 Å². The highest BCUT2D eigenvalue weighted by molar-refractivity contribution is 6.32. The highest BCUT2D eigenvalue weighted by Gasteiger charge is 2.35. The van der Waals surface area contributed by atoms with Gasteiger partial charge in [0, 0.05) is 25.6 Å². The highest BCUT2D eigenvalue weighted by atomic mass is 35.5. The lowest BCUT2D eigenvalue weighted by atomic mass is 10.0. The van der Waals surface area contributed by atoms with Crippen LogP contribution in [-0.4, -0.2) is 67.7 Å². The maximum atomic E-state index is 12.5. The monoisotopic (exact) mass is 338 g/mol. The van der Waals surface area contributed by atoms with Crippen LogP contribution in [0.1, 0.15) is 6.92 Å². The van der Waals surface area contributed by atoms with Gasteiger partial charge in [-0.05, 0) is 12.1 Å². The predicted molar refractivity (Wildman–Crippen MR) is 88.9 cm³/mol. The van der Waals surface area contributed by atoms with Gasteiger partial charge in [0.25, 0.3) is 0 Å². The van der Waals surface area contributed by atoms with E-state index in [1.807, 2.05) is 36.1 Å². The second-order valence-corrected chi connectivity index (χ2v) is 6.63. The molecule has 1 atom stereocenters. The number of ether oxygens (including phenoxy) is 2. The van der Waals surface area contributed by atoms with E-state index >= 15 is 0 Å². The molecule has 23 heavy (non-hydrogen) atoms. The predicted octanol–water partition coefficient (Wildman–Crippen LogP) is 1.90. The van der Waals surface area contributed by atoms with Crippen LogP contribution in [0.4, 0.5) is 0 Å². The third-order valence-electron chi connectivity index (χ3n) is 4.35. The molecule has 2 aliphatic rings. The number of para-hydroxylation sites is 1. The molecule has 0 spiro atoms. The van der Waals surface area contributed by atoms with Gasteiger partial charge in [0.1, 0.15) is 11.9 Å². The van der Waals surface area contributed by atoms with E-state index in [1.165, 1.54) is 0 Å². The molecule has 126 valence electrons. The number of carbonyl (C=O) groups is 1. The van der Waals surface area contributed by atoms with Crippen molar-refractivity contribution in [2.75, 3.05) is 45.9 Å². The summed E-state index contributed by atoms with van der Waals surface area (Å²) in [5.41, 5.74) is 0. The Labute approximate surface area is 142 Å². The van der Waals surface area contributed by atoms with Gasteiger partial charge in [-0.15, -0.1) is 0 Å². The van der Waals surface area contributed by atoms with Crippen LogP contribution < -0.4 is 4.74 Å². The van der Waals surface area contributed by atoms with Crippen molar-refractivity contribution in [3.8, 4) is 5.75 Å². The molecule has 6 heteroatoms. The molecule has 3 rings (SSSR count). The van der Waals surface area contributed by atoms with Gasteiger partial charge in [-0.3, -0.25) is 9.69 Å². The minimum atomic E-state index is 0.00867. The summed E-state index contributed by atoms with van der Waals surface area (Å²) >= 11 is 6.09. The molecule has 1 aromatic rings. The van der Waals surface area contributed by atoms with Gasteiger partial charge in [0.15, 0.2) is 0 Å². The molecule has 0 radical (unpaired) electrons. The van der Waals surface area contributed by atoms with Gasteiger partial charge in [-0.25, -0.2) is 0 Å². The first-order chi connectivity index (χ1) is 11.1. The third-order valence-corrected chi connectivity index (χ3v) is 4.66. The van der Waals surface area contributed by atoms with Crippen LogP contribution >= 0.6 is 11.6 Å². The molecule has 2 aliphatic heterocycles. The average molecular weight is 339 g/mol. The summed E-state index contributed by atoms with van der Waals surface area (Å²) in [7, 11) is 0. The molecule has 1 aromatic carbocycles. The summed E-state index contributed by atoms with van der Waals surface area (Å²) in [6, 6.07) is 7.43. The fraction of sp³-hybridized carbons (Fsp3) is 0.588. The van der Waals surface area contributed by atoms with Crippen molar-refractivity contribution in [3.05, 3.63) is 29.3 Å². The fourth-order valence-electron chi connectivity index (χ4n) is 2.97. The van der Waals surface area contributed by atoms with Gasteiger partial charge in [0.2, 0.25) is 5.91 Å². The number of halogens is 1. The van der Waals surface area contributed by atoms with Crippen LogP contribution in [0.3, 0.4) is 0 Å². The van der Waals surface area contributed by atoms with Crippen molar-refractivity contribution in [1.29, 1.82) is 0 Å². The Morgan fingerprint density at radius 2 is 2.04 bits per heavy atom. The Morgan fingerprint density at radius 3 is 2.74 bits per heavy atom. The Hall–Kier alpha value is -1.30. The Balaban J connectivity index is 1.43. The minimum Gasteiger partial charge on any atom is -0.485 e. The molecule has 0 saturated carbocycles. The second kappa shape index (κ2) is 7.51. The van der Waals surface area contributed by atoms with Crippen LogP contribution in [0.5, 0.6) is 5.75 Å². The standard InChI is InChI=1S/C17H23ClN2O3/c1-13(10-19-6-8-22-9-7-19)17(21)20-11-14(12-20)23-16-5-3-2-4-15(16)18/h2-5,13-14H,6-12H2,1H3. The molecule has 2 heterocycles. The molecule has 1 unspecified atom stereocenters. The van der Waals surface area contributed by atoms with E-state index in [2.05, 4.69) is 4.90 Å². The lowest BCUT2D eigenvalue weighted by Gasteiger charge is -2.41. The van der Waals surface area contributed by atoms with Gasteiger partial charge >= 0.3 is 0 Å². The fourth-order valence-corrected chi connectivity index (χ4v) is 3.15. The van der Waals surface area contributed by atoms with Crippen LogP contribution in [0.25, 0.3) is 0 Å². The van der Waals surface area contributed by atoms with E-state index in [9.17, 15) is 4.79 Å². The molecule has 1 amide bonds. The lowest BCUT2D eigenvalue weighted by molar-refractivity contribution is -0.144. The summed E-state index contributed by atoms with van der Waals surface area (Å²) in [6.45, 7) is 7.42. The quantitative estimate of drug-likeness (QED) is 0.822. The zero-order valence-corrected chi connectivity index (χ0v) is 14.2. The van der Waals surface area contributed by atoms with E-state index in [0.717, 1.165) is 32.8 Å². The maximum Gasteiger partial charge on any atom is 0.226 e. The molecule has 2 saturated heterocycles. The van der Waals surface area contributed by atoms with E-state index in [4.69, 9.17) is 21.1 Å². The van der Waals surface area contributed by atoms with E-state index < -0.39 is 0 Å². The number of amides is 1. The van der Waals surface area contributed by atoms with Crippen molar-refractivity contribution in [2.45, 2.75) is 13.0 Å². The molecular formula is C17H23ClN2O3. The van der Waals surface area contributed by atoms with Crippen molar-refractivity contribution in [3.63, 3.8) is 0 Å². The molecule has 5 nitrogen and oxygen atoms in total. The van der Waals surface area contributed by atoms with Crippen molar-refractivity contribution < 1.29 is 14.3 Å². The van der Waals surface area contributed by atoms with Gasteiger partial charge in [0.05, 0.1) is 31.3 Å². The number of benzene rings is 1. The van der Waals surface area contributed by atoms with Gasteiger partial charge < -0.3 is 14.4 Å². The van der Waals surface area contributed by atoms with Crippen LogP contribution in [0, 0.1) is 5.92 Å². The molecule has 0 N–H and O–H groups in total. The first kappa shape index (κ1) is 16.6. The first-order valence-corrected chi connectivity index (χ1v) is 8.51. The van der Waals surface area contributed by atoms with Gasteiger partial charge in [-0.1, -0.05) is 30.7 Å². The lowest BCUT2D eigenvalue weighted by Crippen LogP contribution is -2.58. The zero-order valence-electron chi connectivity index (χ0n) is 13.4. The largest absolute Gasteiger partial charge is 0.485 e. The summed E-state index contributed by atoms with van der Waals surface area (Å²) in [6.07, 6.45) is 0.0365. The number of carbonyl (C=O) groups excluding carboxylic acids is 1. The molecule has 2 fully saturated rings. The van der Waals surface area contributed by atoms with E-state index in [-0.39, 0.29) is 17.9 Å². The van der Waals surface area contributed by atoms with Crippen LogP contribution in [-0.2, 0) is 9.53 Å². The molecular weight excluding hydrogens is 316 g/mol. The zero-order chi connectivity index (χ0) is 16.2. The summed E-state index contributed by atoms with van der Waals surface area (Å²) in [4.78, 5) is 16.6.